The molecule has 156 valence electrons. The summed E-state index contributed by atoms with van der Waals surface area (Å²) in [6, 6.07) is 11.3. The SMILES string of the molecule is N#Cc1ccc2c(c1OCc1ccc(C=O)cc1)CN(C1CCCC(=O)NC1=O)C2=O. The van der Waals surface area contributed by atoms with E-state index in [1.54, 1.807) is 30.3 Å². The molecule has 2 aromatic carbocycles. The smallest absolute Gasteiger partial charge is 0.255 e. The highest BCUT2D eigenvalue weighted by molar-refractivity contribution is 6.04. The predicted octanol–water partition coefficient (Wildman–Crippen LogP) is 2.10. The third-order valence-corrected chi connectivity index (χ3v) is 5.52. The van der Waals surface area contributed by atoms with Crippen molar-refractivity contribution >= 4 is 24.0 Å². The minimum absolute atomic E-state index is 0.120. The van der Waals surface area contributed by atoms with Gasteiger partial charge in [0.15, 0.2) is 0 Å². The first kappa shape index (κ1) is 20.3. The summed E-state index contributed by atoms with van der Waals surface area (Å²) >= 11 is 0. The number of nitrogens with one attached hydrogen (secondary N) is 1. The first-order valence-corrected chi connectivity index (χ1v) is 9.89. The summed E-state index contributed by atoms with van der Waals surface area (Å²) in [5.41, 5.74) is 2.57. The van der Waals surface area contributed by atoms with Crippen LogP contribution in [0.1, 0.15) is 56.7 Å². The fourth-order valence-electron chi connectivity index (χ4n) is 3.90. The van der Waals surface area contributed by atoms with Gasteiger partial charge in [-0.25, -0.2) is 0 Å². The number of carbonyl (C=O) groups excluding carboxylic acids is 4. The van der Waals surface area contributed by atoms with Crippen molar-refractivity contribution in [3.8, 4) is 11.8 Å². The first-order valence-electron chi connectivity index (χ1n) is 9.89. The van der Waals surface area contributed by atoms with Gasteiger partial charge in [0.25, 0.3) is 5.91 Å². The number of hydrogen-bond acceptors (Lipinski definition) is 6. The molecule has 0 bridgehead atoms. The van der Waals surface area contributed by atoms with Crippen molar-refractivity contribution in [2.24, 2.45) is 0 Å². The molecular formula is C23H19N3O5. The van der Waals surface area contributed by atoms with Crippen molar-refractivity contribution in [1.29, 1.82) is 5.26 Å². The molecule has 0 radical (unpaired) electrons. The zero-order valence-corrected chi connectivity index (χ0v) is 16.6. The lowest BCUT2D eigenvalue weighted by atomic mass is 10.0. The van der Waals surface area contributed by atoms with Crippen molar-refractivity contribution in [3.63, 3.8) is 0 Å². The molecule has 1 atom stereocenters. The molecule has 8 heteroatoms. The summed E-state index contributed by atoms with van der Waals surface area (Å²) in [4.78, 5) is 49.4. The number of imide groups is 1. The molecule has 2 aliphatic heterocycles. The van der Waals surface area contributed by atoms with E-state index in [2.05, 4.69) is 11.4 Å². The molecule has 8 nitrogen and oxygen atoms in total. The molecule has 0 aromatic heterocycles. The van der Waals surface area contributed by atoms with Crippen LogP contribution in [0.3, 0.4) is 0 Å². The van der Waals surface area contributed by atoms with Gasteiger partial charge < -0.3 is 9.64 Å². The van der Waals surface area contributed by atoms with Crippen LogP contribution < -0.4 is 10.1 Å². The fraction of sp³-hybridized carbons (Fsp3) is 0.261. The number of benzene rings is 2. The molecule has 1 saturated heterocycles. The number of rotatable bonds is 5. The van der Waals surface area contributed by atoms with Gasteiger partial charge in [0, 0.05) is 23.1 Å². The number of ether oxygens (including phenoxy) is 1. The summed E-state index contributed by atoms with van der Waals surface area (Å²) in [6.07, 6.45) is 1.89. The average Bonchev–Trinajstić information content (AvgIpc) is 3.01. The van der Waals surface area contributed by atoms with Crippen LogP contribution in [0.4, 0.5) is 0 Å². The zero-order valence-electron chi connectivity index (χ0n) is 16.6. The second-order valence-corrected chi connectivity index (χ2v) is 7.48. The molecule has 0 aliphatic carbocycles. The second-order valence-electron chi connectivity index (χ2n) is 7.48. The highest BCUT2D eigenvalue weighted by Gasteiger charge is 2.39. The second kappa shape index (κ2) is 8.40. The molecule has 2 heterocycles. The topological polar surface area (TPSA) is 117 Å². The Bertz CT molecular complexity index is 1120. The third-order valence-electron chi connectivity index (χ3n) is 5.52. The van der Waals surface area contributed by atoms with Crippen LogP contribution in [0.2, 0.25) is 0 Å². The highest BCUT2D eigenvalue weighted by atomic mass is 16.5. The summed E-state index contributed by atoms with van der Waals surface area (Å²) < 4.78 is 5.94. The van der Waals surface area contributed by atoms with Gasteiger partial charge in [-0.3, -0.25) is 24.5 Å². The number of carbonyl (C=O) groups is 4. The Labute approximate surface area is 178 Å². The van der Waals surface area contributed by atoms with E-state index in [-0.39, 0.29) is 31.4 Å². The largest absolute Gasteiger partial charge is 0.487 e. The molecular weight excluding hydrogens is 398 g/mol. The lowest BCUT2D eigenvalue weighted by molar-refractivity contribution is -0.132. The lowest BCUT2D eigenvalue weighted by Crippen LogP contribution is -2.46. The van der Waals surface area contributed by atoms with Crippen LogP contribution in [0.25, 0.3) is 0 Å². The Morgan fingerprint density at radius 3 is 2.65 bits per heavy atom. The van der Waals surface area contributed by atoms with E-state index in [4.69, 9.17) is 4.74 Å². The van der Waals surface area contributed by atoms with Gasteiger partial charge in [-0.05, 0) is 30.5 Å². The van der Waals surface area contributed by atoms with E-state index in [9.17, 15) is 24.4 Å². The molecule has 4 rings (SSSR count). The summed E-state index contributed by atoms with van der Waals surface area (Å²) in [7, 11) is 0. The first-order chi connectivity index (χ1) is 15.0. The molecule has 1 fully saturated rings. The van der Waals surface area contributed by atoms with E-state index in [1.807, 2.05) is 0 Å². The van der Waals surface area contributed by atoms with E-state index in [0.29, 0.717) is 40.8 Å². The van der Waals surface area contributed by atoms with Crippen LogP contribution >= 0.6 is 0 Å². The van der Waals surface area contributed by atoms with Crippen LogP contribution in [-0.4, -0.2) is 34.9 Å². The summed E-state index contributed by atoms with van der Waals surface area (Å²) in [6.45, 7) is 0.270. The number of amides is 3. The van der Waals surface area contributed by atoms with Gasteiger partial charge >= 0.3 is 0 Å². The van der Waals surface area contributed by atoms with Gasteiger partial charge in [0.1, 0.15) is 30.8 Å². The van der Waals surface area contributed by atoms with Crippen molar-refractivity contribution in [1.82, 2.24) is 10.2 Å². The molecule has 1 N–H and O–H groups in total. The molecule has 1 unspecified atom stereocenters. The number of fused-ring (bicyclic) bond motifs is 1. The Balaban J connectivity index is 1.61. The average molecular weight is 417 g/mol. The molecule has 31 heavy (non-hydrogen) atoms. The maximum absolute atomic E-state index is 13.0. The van der Waals surface area contributed by atoms with Crippen LogP contribution in [0.5, 0.6) is 5.75 Å². The lowest BCUT2D eigenvalue weighted by Gasteiger charge is -2.24. The number of hydrogen-bond donors (Lipinski definition) is 1. The Morgan fingerprint density at radius 1 is 1.16 bits per heavy atom. The van der Waals surface area contributed by atoms with Gasteiger partial charge in [-0.15, -0.1) is 0 Å². The fourth-order valence-corrected chi connectivity index (χ4v) is 3.90. The van der Waals surface area contributed by atoms with Crippen LogP contribution in [0.15, 0.2) is 36.4 Å². The number of aldehydes is 1. The maximum Gasteiger partial charge on any atom is 0.255 e. The highest BCUT2D eigenvalue weighted by Crippen LogP contribution is 2.36. The van der Waals surface area contributed by atoms with Crippen LogP contribution in [-0.2, 0) is 22.7 Å². The van der Waals surface area contributed by atoms with Crippen molar-refractivity contribution in [2.75, 3.05) is 0 Å². The molecule has 3 amide bonds. The molecule has 0 saturated carbocycles. The summed E-state index contributed by atoms with van der Waals surface area (Å²) in [5.74, 6) is -0.843. The Hall–Kier alpha value is -3.99. The molecule has 2 aromatic rings. The van der Waals surface area contributed by atoms with E-state index < -0.39 is 11.9 Å². The molecule has 0 spiro atoms. The Morgan fingerprint density at radius 2 is 1.94 bits per heavy atom. The minimum atomic E-state index is -0.749. The van der Waals surface area contributed by atoms with E-state index >= 15 is 0 Å². The van der Waals surface area contributed by atoms with Crippen LogP contribution in [0, 0.1) is 11.3 Å². The van der Waals surface area contributed by atoms with E-state index in [1.165, 1.54) is 11.0 Å². The minimum Gasteiger partial charge on any atom is -0.487 e. The van der Waals surface area contributed by atoms with Gasteiger partial charge in [-0.2, -0.15) is 5.26 Å². The molecule has 2 aliphatic rings. The third kappa shape index (κ3) is 3.90. The van der Waals surface area contributed by atoms with Gasteiger partial charge in [-0.1, -0.05) is 24.3 Å². The normalized spacial score (nSPS) is 18.1. The van der Waals surface area contributed by atoms with Gasteiger partial charge in [0.2, 0.25) is 11.8 Å². The van der Waals surface area contributed by atoms with Crippen molar-refractivity contribution in [2.45, 2.75) is 38.5 Å². The predicted molar refractivity (Wildman–Crippen MR) is 108 cm³/mol. The summed E-state index contributed by atoms with van der Waals surface area (Å²) in [5, 5.41) is 11.9. The van der Waals surface area contributed by atoms with Crippen molar-refractivity contribution < 1.29 is 23.9 Å². The number of nitrogens with zero attached hydrogens (tertiary/aromatic N) is 2. The maximum atomic E-state index is 13.0. The standard InChI is InChI=1S/C23H19N3O5/c24-10-16-8-9-17-18(21(16)31-13-15-6-4-14(12-27)5-7-15)11-26(23(17)30)19-2-1-3-20(28)25-22(19)29/h4-9,12,19H,1-3,11,13H2,(H,25,28,29). The van der Waals surface area contributed by atoms with E-state index in [0.717, 1.165) is 11.8 Å². The zero-order chi connectivity index (χ0) is 22.0. The van der Waals surface area contributed by atoms with Gasteiger partial charge in [0.05, 0.1) is 12.1 Å². The quantitative estimate of drug-likeness (QED) is 0.588. The number of nitriles is 1. The Kier molecular flexibility index (Phi) is 5.50. The van der Waals surface area contributed by atoms with Crippen molar-refractivity contribution in [3.05, 3.63) is 64.2 Å². The monoisotopic (exact) mass is 417 g/mol.